The first-order valence-electron chi connectivity index (χ1n) is 6.21. The number of hydrogen-bond donors (Lipinski definition) is 1. The highest BCUT2D eigenvalue weighted by Gasteiger charge is 2.16. The third-order valence-corrected chi connectivity index (χ3v) is 2.98. The van der Waals surface area contributed by atoms with Gasteiger partial charge in [0.05, 0.1) is 13.0 Å². The zero-order valence-electron chi connectivity index (χ0n) is 11.6. The van der Waals surface area contributed by atoms with Crippen molar-refractivity contribution in [3.05, 3.63) is 35.1 Å². The van der Waals surface area contributed by atoms with Crippen molar-refractivity contribution in [2.24, 2.45) is 11.7 Å². The van der Waals surface area contributed by atoms with Crippen LogP contribution in [0.5, 0.6) is 0 Å². The summed E-state index contributed by atoms with van der Waals surface area (Å²) in [5.74, 6) is -0.757. The summed E-state index contributed by atoms with van der Waals surface area (Å²) >= 11 is 0. The van der Waals surface area contributed by atoms with Crippen molar-refractivity contribution in [3.63, 3.8) is 0 Å². The van der Waals surface area contributed by atoms with E-state index in [1.165, 1.54) is 13.2 Å². The summed E-state index contributed by atoms with van der Waals surface area (Å²) in [6.45, 7) is 3.07. The molecule has 1 atom stereocenters. The Hall–Kier alpha value is -1.46. The minimum absolute atomic E-state index is 0.235. The number of hydrogen-bond acceptors (Lipinski definition) is 4. The molecule has 1 aromatic carbocycles. The molecule has 4 nitrogen and oxygen atoms in total. The predicted molar refractivity (Wildman–Crippen MR) is 71.8 cm³/mol. The molecule has 19 heavy (non-hydrogen) atoms. The Kier molecular flexibility index (Phi) is 5.92. The van der Waals surface area contributed by atoms with Crippen LogP contribution in [0.1, 0.15) is 18.1 Å². The summed E-state index contributed by atoms with van der Waals surface area (Å²) < 4.78 is 18.4. The fourth-order valence-electron chi connectivity index (χ4n) is 1.94. The third-order valence-electron chi connectivity index (χ3n) is 2.98. The average Bonchev–Trinajstić information content (AvgIpc) is 2.39. The summed E-state index contributed by atoms with van der Waals surface area (Å²) in [7, 11) is 3.21. The molecule has 0 aliphatic carbocycles. The molecule has 0 saturated carbocycles. The van der Waals surface area contributed by atoms with E-state index >= 15 is 0 Å². The van der Waals surface area contributed by atoms with Crippen LogP contribution in [-0.4, -0.2) is 31.6 Å². The number of nitrogens with two attached hydrogens (primary N) is 1. The summed E-state index contributed by atoms with van der Waals surface area (Å²) in [6.07, 6.45) is 0. The van der Waals surface area contributed by atoms with Gasteiger partial charge in [-0.2, -0.15) is 0 Å². The lowest BCUT2D eigenvalue weighted by Crippen LogP contribution is -2.29. The van der Waals surface area contributed by atoms with Crippen molar-refractivity contribution in [2.75, 3.05) is 20.7 Å². The fraction of sp³-hybridized carbons (Fsp3) is 0.500. The number of nitrogens with zero attached hydrogens (tertiary/aromatic N) is 1. The van der Waals surface area contributed by atoms with Gasteiger partial charge in [-0.3, -0.25) is 4.79 Å². The van der Waals surface area contributed by atoms with Crippen LogP contribution in [-0.2, 0) is 22.6 Å². The quantitative estimate of drug-likeness (QED) is 0.795. The maximum atomic E-state index is 13.8. The molecule has 0 amide bonds. The van der Waals surface area contributed by atoms with E-state index in [-0.39, 0.29) is 17.7 Å². The summed E-state index contributed by atoms with van der Waals surface area (Å²) in [5, 5.41) is 0. The molecule has 1 rings (SSSR count). The third kappa shape index (κ3) is 4.61. The van der Waals surface area contributed by atoms with Crippen molar-refractivity contribution >= 4 is 5.97 Å². The van der Waals surface area contributed by atoms with Crippen molar-refractivity contribution in [2.45, 2.75) is 20.0 Å². The zero-order chi connectivity index (χ0) is 14.4. The normalized spacial score (nSPS) is 12.5. The van der Waals surface area contributed by atoms with Crippen LogP contribution in [0.2, 0.25) is 0 Å². The van der Waals surface area contributed by atoms with E-state index in [0.29, 0.717) is 25.2 Å². The van der Waals surface area contributed by atoms with Crippen LogP contribution < -0.4 is 5.73 Å². The first-order chi connectivity index (χ1) is 8.97. The van der Waals surface area contributed by atoms with E-state index in [2.05, 4.69) is 4.74 Å². The second-order valence-corrected chi connectivity index (χ2v) is 4.75. The number of benzene rings is 1. The van der Waals surface area contributed by atoms with Crippen molar-refractivity contribution in [1.29, 1.82) is 0 Å². The Morgan fingerprint density at radius 2 is 2.21 bits per heavy atom. The number of carbonyl (C=O) groups is 1. The van der Waals surface area contributed by atoms with Crippen LogP contribution in [0.15, 0.2) is 18.2 Å². The van der Waals surface area contributed by atoms with E-state index in [1.807, 2.05) is 18.0 Å². The van der Waals surface area contributed by atoms with Gasteiger partial charge in [0, 0.05) is 25.2 Å². The van der Waals surface area contributed by atoms with Gasteiger partial charge in [0.2, 0.25) is 0 Å². The number of rotatable bonds is 6. The molecule has 0 aliphatic rings. The average molecular weight is 268 g/mol. The van der Waals surface area contributed by atoms with Crippen molar-refractivity contribution in [3.8, 4) is 0 Å². The standard InChI is InChI=1S/C14H21FN2O2/c1-10(14(18)19-3)8-17(2)9-12-5-4-11(7-16)6-13(12)15/h4-6,10H,7-9,16H2,1-3H3. The number of methoxy groups -OCH3 is 1. The van der Waals surface area contributed by atoms with E-state index in [0.717, 1.165) is 5.56 Å². The van der Waals surface area contributed by atoms with Crippen LogP contribution in [0.4, 0.5) is 4.39 Å². The Morgan fingerprint density at radius 1 is 1.53 bits per heavy atom. The lowest BCUT2D eigenvalue weighted by atomic mass is 10.1. The highest BCUT2D eigenvalue weighted by atomic mass is 19.1. The van der Waals surface area contributed by atoms with Crippen LogP contribution in [0, 0.1) is 11.7 Å². The van der Waals surface area contributed by atoms with Gasteiger partial charge in [-0.05, 0) is 18.7 Å². The van der Waals surface area contributed by atoms with E-state index in [4.69, 9.17) is 5.73 Å². The molecule has 0 aromatic heterocycles. The molecule has 0 bridgehead atoms. The Balaban J connectivity index is 2.61. The van der Waals surface area contributed by atoms with E-state index in [1.54, 1.807) is 13.0 Å². The zero-order valence-corrected chi connectivity index (χ0v) is 11.6. The summed E-state index contributed by atoms with van der Waals surface area (Å²) in [6, 6.07) is 5.00. The van der Waals surface area contributed by atoms with Gasteiger partial charge in [-0.25, -0.2) is 4.39 Å². The molecular weight excluding hydrogens is 247 g/mol. The molecule has 0 radical (unpaired) electrons. The summed E-state index contributed by atoms with van der Waals surface area (Å²) in [5.41, 5.74) is 6.82. The molecule has 0 fully saturated rings. The molecular formula is C14H21FN2O2. The maximum absolute atomic E-state index is 13.8. The van der Waals surface area contributed by atoms with Crippen LogP contribution in [0.25, 0.3) is 0 Å². The van der Waals surface area contributed by atoms with Gasteiger partial charge in [0.15, 0.2) is 0 Å². The predicted octanol–water partition coefficient (Wildman–Crippen LogP) is 1.53. The minimum atomic E-state index is -0.263. The van der Waals surface area contributed by atoms with Gasteiger partial charge in [-0.15, -0.1) is 0 Å². The van der Waals surface area contributed by atoms with Crippen molar-refractivity contribution < 1.29 is 13.9 Å². The molecule has 0 saturated heterocycles. The number of ether oxygens (including phenoxy) is 1. The summed E-state index contributed by atoms with van der Waals surface area (Å²) in [4.78, 5) is 13.2. The van der Waals surface area contributed by atoms with Gasteiger partial charge >= 0.3 is 5.97 Å². The van der Waals surface area contributed by atoms with E-state index < -0.39 is 0 Å². The van der Waals surface area contributed by atoms with Crippen LogP contribution in [0.3, 0.4) is 0 Å². The second-order valence-electron chi connectivity index (χ2n) is 4.75. The Bertz CT molecular complexity index is 437. The molecule has 5 heteroatoms. The molecule has 2 N–H and O–H groups in total. The van der Waals surface area contributed by atoms with Crippen molar-refractivity contribution in [1.82, 2.24) is 4.90 Å². The molecule has 0 aliphatic heterocycles. The first kappa shape index (κ1) is 15.6. The molecule has 0 spiro atoms. The lowest BCUT2D eigenvalue weighted by molar-refractivity contribution is -0.145. The molecule has 0 heterocycles. The number of esters is 1. The topological polar surface area (TPSA) is 55.6 Å². The maximum Gasteiger partial charge on any atom is 0.309 e. The molecule has 1 unspecified atom stereocenters. The molecule has 1 aromatic rings. The first-order valence-corrected chi connectivity index (χ1v) is 6.21. The van der Waals surface area contributed by atoms with Gasteiger partial charge < -0.3 is 15.4 Å². The SMILES string of the molecule is COC(=O)C(C)CN(C)Cc1ccc(CN)cc1F. The Labute approximate surface area is 113 Å². The molecule has 106 valence electrons. The second kappa shape index (κ2) is 7.21. The van der Waals surface area contributed by atoms with Crippen LogP contribution >= 0.6 is 0 Å². The highest BCUT2D eigenvalue weighted by molar-refractivity contribution is 5.72. The smallest absolute Gasteiger partial charge is 0.309 e. The van der Waals surface area contributed by atoms with Gasteiger partial charge in [0.25, 0.3) is 0 Å². The highest BCUT2D eigenvalue weighted by Crippen LogP contribution is 2.13. The van der Waals surface area contributed by atoms with E-state index in [9.17, 15) is 9.18 Å². The number of carbonyl (C=O) groups excluding carboxylic acids is 1. The number of halogens is 1. The minimum Gasteiger partial charge on any atom is -0.469 e. The largest absolute Gasteiger partial charge is 0.469 e. The van der Waals surface area contributed by atoms with Gasteiger partial charge in [-0.1, -0.05) is 19.1 Å². The monoisotopic (exact) mass is 268 g/mol. The lowest BCUT2D eigenvalue weighted by Gasteiger charge is -2.20. The van der Waals surface area contributed by atoms with Gasteiger partial charge in [0.1, 0.15) is 5.82 Å². The fourth-order valence-corrected chi connectivity index (χ4v) is 1.94. The Morgan fingerprint density at radius 3 is 2.74 bits per heavy atom.